The number of hydrogen-bond donors (Lipinski definition) is 2. The molecular weight excluding hydrogens is 422 g/mol. The summed E-state index contributed by atoms with van der Waals surface area (Å²) in [5.41, 5.74) is 2.15. The molecule has 0 unspecified atom stereocenters. The standard InChI is InChI=1S/C22H26BrNO4/c1-3-28-17-6-4-16(5-7-17)22(8-10-27-11-9-22)14-24-21(26)18-12-15(2)13-19(23)20(18)25/h4-7,12-13,25H,3,8-11,14H2,1-2H3,(H,24,26). The largest absolute Gasteiger partial charge is 0.506 e. The van der Waals surface area contributed by atoms with Gasteiger partial charge in [-0.2, -0.15) is 0 Å². The lowest BCUT2D eigenvalue weighted by molar-refractivity contribution is 0.0486. The lowest BCUT2D eigenvalue weighted by atomic mass is 9.74. The van der Waals surface area contributed by atoms with Crippen LogP contribution in [-0.4, -0.2) is 37.4 Å². The Kier molecular flexibility index (Phi) is 6.62. The minimum atomic E-state index is -0.279. The van der Waals surface area contributed by atoms with E-state index in [2.05, 4.69) is 33.4 Å². The highest BCUT2D eigenvalue weighted by molar-refractivity contribution is 9.10. The Labute approximate surface area is 174 Å². The third-order valence-electron chi connectivity index (χ3n) is 5.27. The van der Waals surface area contributed by atoms with E-state index in [1.54, 1.807) is 12.1 Å². The van der Waals surface area contributed by atoms with Gasteiger partial charge < -0.3 is 19.9 Å². The Balaban J connectivity index is 1.80. The van der Waals surface area contributed by atoms with Crippen molar-refractivity contribution in [3.63, 3.8) is 0 Å². The molecule has 0 atom stereocenters. The molecule has 0 saturated carbocycles. The van der Waals surface area contributed by atoms with E-state index < -0.39 is 0 Å². The van der Waals surface area contributed by atoms with Gasteiger partial charge in [-0.15, -0.1) is 0 Å². The molecule has 5 nitrogen and oxygen atoms in total. The number of halogens is 1. The topological polar surface area (TPSA) is 67.8 Å². The molecule has 1 amide bonds. The number of phenols is 1. The van der Waals surface area contributed by atoms with Crippen LogP contribution in [0.4, 0.5) is 0 Å². The fourth-order valence-electron chi connectivity index (χ4n) is 3.65. The second-order valence-corrected chi connectivity index (χ2v) is 8.03. The van der Waals surface area contributed by atoms with Crippen LogP contribution in [0.15, 0.2) is 40.9 Å². The van der Waals surface area contributed by atoms with Gasteiger partial charge in [0.15, 0.2) is 0 Å². The molecule has 1 fully saturated rings. The van der Waals surface area contributed by atoms with Crippen LogP contribution in [0.25, 0.3) is 0 Å². The lowest BCUT2D eigenvalue weighted by Gasteiger charge is -2.38. The molecule has 0 bridgehead atoms. The molecule has 1 saturated heterocycles. The number of carbonyl (C=O) groups is 1. The van der Waals surface area contributed by atoms with E-state index in [0.717, 1.165) is 29.7 Å². The Hall–Kier alpha value is -2.05. The van der Waals surface area contributed by atoms with E-state index in [9.17, 15) is 9.90 Å². The van der Waals surface area contributed by atoms with Crippen LogP contribution >= 0.6 is 15.9 Å². The van der Waals surface area contributed by atoms with Gasteiger partial charge in [0, 0.05) is 25.2 Å². The van der Waals surface area contributed by atoms with Crippen LogP contribution in [0.5, 0.6) is 11.5 Å². The maximum atomic E-state index is 12.8. The quantitative estimate of drug-likeness (QED) is 0.690. The number of nitrogens with one attached hydrogen (secondary N) is 1. The van der Waals surface area contributed by atoms with Gasteiger partial charge in [-0.1, -0.05) is 12.1 Å². The first-order chi connectivity index (χ1) is 13.4. The second kappa shape index (κ2) is 8.97. The minimum absolute atomic E-state index is 0.0369. The molecule has 28 heavy (non-hydrogen) atoms. The number of hydrogen-bond acceptors (Lipinski definition) is 4. The van der Waals surface area contributed by atoms with Crippen molar-refractivity contribution in [1.82, 2.24) is 5.32 Å². The molecule has 3 rings (SSSR count). The Morgan fingerprint density at radius 1 is 1.25 bits per heavy atom. The lowest BCUT2D eigenvalue weighted by Crippen LogP contribution is -2.44. The van der Waals surface area contributed by atoms with Crippen molar-refractivity contribution >= 4 is 21.8 Å². The van der Waals surface area contributed by atoms with E-state index in [-0.39, 0.29) is 22.6 Å². The Morgan fingerprint density at radius 3 is 2.57 bits per heavy atom. The average molecular weight is 448 g/mol. The molecule has 2 aromatic rings. The SMILES string of the molecule is CCOc1ccc(C2(CNC(=O)c3cc(C)cc(Br)c3O)CCOCC2)cc1. The van der Waals surface area contributed by atoms with Gasteiger partial charge in [0.05, 0.1) is 16.6 Å². The second-order valence-electron chi connectivity index (χ2n) is 7.18. The van der Waals surface area contributed by atoms with Gasteiger partial charge in [-0.05, 0) is 78.0 Å². The number of carbonyl (C=O) groups excluding carboxylic acids is 1. The summed E-state index contributed by atoms with van der Waals surface area (Å²) in [6.45, 7) is 6.27. The first-order valence-electron chi connectivity index (χ1n) is 9.53. The van der Waals surface area contributed by atoms with Crippen LogP contribution in [0, 0.1) is 6.92 Å². The molecule has 0 radical (unpaired) electrons. The number of amides is 1. The summed E-state index contributed by atoms with van der Waals surface area (Å²) in [6, 6.07) is 11.6. The zero-order valence-electron chi connectivity index (χ0n) is 16.3. The van der Waals surface area contributed by atoms with Crippen LogP contribution in [-0.2, 0) is 10.2 Å². The number of phenolic OH excluding ortho intramolecular Hbond substituents is 1. The molecule has 0 aliphatic carbocycles. The molecule has 0 spiro atoms. The van der Waals surface area contributed by atoms with Crippen LogP contribution < -0.4 is 10.1 Å². The monoisotopic (exact) mass is 447 g/mol. The highest BCUT2D eigenvalue weighted by Gasteiger charge is 2.35. The van der Waals surface area contributed by atoms with Crippen molar-refractivity contribution in [2.45, 2.75) is 32.1 Å². The zero-order chi connectivity index (χ0) is 20.1. The van der Waals surface area contributed by atoms with E-state index >= 15 is 0 Å². The highest BCUT2D eigenvalue weighted by Crippen LogP contribution is 2.36. The van der Waals surface area contributed by atoms with Crippen LogP contribution in [0.2, 0.25) is 0 Å². The molecule has 1 aliphatic rings. The van der Waals surface area contributed by atoms with Gasteiger partial charge in [0.1, 0.15) is 11.5 Å². The Bertz CT molecular complexity index is 829. The smallest absolute Gasteiger partial charge is 0.255 e. The number of benzene rings is 2. The summed E-state index contributed by atoms with van der Waals surface area (Å²) in [7, 11) is 0. The molecule has 150 valence electrons. The van der Waals surface area contributed by atoms with E-state index in [1.807, 2.05) is 26.0 Å². The zero-order valence-corrected chi connectivity index (χ0v) is 17.8. The van der Waals surface area contributed by atoms with Crippen LogP contribution in [0.1, 0.15) is 41.3 Å². The minimum Gasteiger partial charge on any atom is -0.506 e. The molecule has 1 aliphatic heterocycles. The summed E-state index contributed by atoms with van der Waals surface area (Å²) < 4.78 is 11.6. The van der Waals surface area contributed by atoms with Crippen molar-refractivity contribution < 1.29 is 19.4 Å². The van der Waals surface area contributed by atoms with Crippen molar-refractivity contribution in [3.8, 4) is 11.5 Å². The molecule has 2 aromatic carbocycles. The first-order valence-corrected chi connectivity index (χ1v) is 10.3. The number of ether oxygens (including phenoxy) is 2. The Morgan fingerprint density at radius 2 is 1.93 bits per heavy atom. The first kappa shape index (κ1) is 20.7. The third-order valence-corrected chi connectivity index (χ3v) is 5.87. The maximum absolute atomic E-state index is 12.8. The van der Waals surface area contributed by atoms with Gasteiger partial charge in [0.2, 0.25) is 0 Å². The molecule has 0 aromatic heterocycles. The fraction of sp³-hybridized carbons (Fsp3) is 0.409. The number of rotatable bonds is 6. The molecular formula is C22H26BrNO4. The normalized spacial score (nSPS) is 15.8. The van der Waals surface area contributed by atoms with Gasteiger partial charge >= 0.3 is 0 Å². The van der Waals surface area contributed by atoms with Crippen molar-refractivity contribution in [2.75, 3.05) is 26.4 Å². The number of aromatic hydroxyl groups is 1. The molecule has 6 heteroatoms. The van der Waals surface area contributed by atoms with Gasteiger partial charge in [0.25, 0.3) is 5.91 Å². The van der Waals surface area contributed by atoms with Crippen molar-refractivity contribution in [2.24, 2.45) is 0 Å². The summed E-state index contributed by atoms with van der Waals surface area (Å²) >= 11 is 3.30. The van der Waals surface area contributed by atoms with Gasteiger partial charge in [-0.3, -0.25) is 4.79 Å². The predicted octanol–water partition coefficient (Wildman–Crippen LogP) is 4.34. The summed E-state index contributed by atoms with van der Waals surface area (Å²) in [5, 5.41) is 13.3. The van der Waals surface area contributed by atoms with Crippen molar-refractivity contribution in [1.29, 1.82) is 0 Å². The predicted molar refractivity (Wildman–Crippen MR) is 112 cm³/mol. The summed E-state index contributed by atoms with van der Waals surface area (Å²) in [4.78, 5) is 12.8. The summed E-state index contributed by atoms with van der Waals surface area (Å²) in [6.07, 6.45) is 1.65. The van der Waals surface area contributed by atoms with Crippen molar-refractivity contribution in [3.05, 3.63) is 57.6 Å². The average Bonchev–Trinajstić information content (AvgIpc) is 2.70. The van der Waals surface area contributed by atoms with E-state index in [4.69, 9.17) is 9.47 Å². The van der Waals surface area contributed by atoms with E-state index in [0.29, 0.717) is 30.8 Å². The van der Waals surface area contributed by atoms with Crippen LogP contribution in [0.3, 0.4) is 0 Å². The number of aryl methyl sites for hydroxylation is 1. The third kappa shape index (κ3) is 4.50. The molecule has 1 heterocycles. The van der Waals surface area contributed by atoms with E-state index in [1.165, 1.54) is 0 Å². The van der Waals surface area contributed by atoms with Gasteiger partial charge in [-0.25, -0.2) is 0 Å². The highest BCUT2D eigenvalue weighted by atomic mass is 79.9. The molecule has 2 N–H and O–H groups in total. The maximum Gasteiger partial charge on any atom is 0.255 e. The fourth-order valence-corrected chi connectivity index (χ4v) is 4.23. The summed E-state index contributed by atoms with van der Waals surface area (Å²) in [5.74, 6) is 0.524.